The van der Waals surface area contributed by atoms with Crippen LogP contribution in [0.2, 0.25) is 0 Å². The number of carbonyl (C=O) groups excluding carboxylic acids is 2. The number of nitrogens with one attached hydrogen (secondary N) is 1. The maximum absolute atomic E-state index is 12.0. The summed E-state index contributed by atoms with van der Waals surface area (Å²) in [7, 11) is 1.66. The van der Waals surface area contributed by atoms with E-state index in [0.29, 0.717) is 23.8 Å². The molecule has 0 unspecified atom stereocenters. The van der Waals surface area contributed by atoms with E-state index in [-0.39, 0.29) is 12.3 Å². The van der Waals surface area contributed by atoms with Gasteiger partial charge in [0.05, 0.1) is 18.7 Å². The van der Waals surface area contributed by atoms with Crippen molar-refractivity contribution in [3.8, 4) is 0 Å². The third kappa shape index (κ3) is 2.90. The molecule has 1 aliphatic heterocycles. The quantitative estimate of drug-likeness (QED) is 0.642. The van der Waals surface area contributed by atoms with Gasteiger partial charge in [-0.3, -0.25) is 9.69 Å². The van der Waals surface area contributed by atoms with E-state index in [0.717, 1.165) is 0 Å². The van der Waals surface area contributed by atoms with Crippen LogP contribution in [0, 0.1) is 0 Å². The molecule has 1 N–H and O–H groups in total. The maximum Gasteiger partial charge on any atom is 0.332 e. The Balaban J connectivity index is 2.32. The molecule has 0 fully saturated rings. The summed E-state index contributed by atoms with van der Waals surface area (Å²) >= 11 is 0. The second-order valence-electron chi connectivity index (χ2n) is 4.05. The van der Waals surface area contributed by atoms with Gasteiger partial charge in [-0.05, 0) is 19.1 Å². The molecule has 0 radical (unpaired) electrons. The van der Waals surface area contributed by atoms with E-state index in [4.69, 9.17) is 4.74 Å². The number of carbonyl (C=O) groups is 2. The van der Waals surface area contributed by atoms with E-state index >= 15 is 0 Å². The van der Waals surface area contributed by atoms with Crippen LogP contribution in [0.5, 0.6) is 0 Å². The van der Waals surface area contributed by atoms with E-state index in [2.05, 4.69) is 10.3 Å². The largest absolute Gasteiger partial charge is 0.463 e. The van der Waals surface area contributed by atoms with E-state index in [1.165, 1.54) is 11.0 Å². The number of amides is 1. The predicted octanol–water partition coefficient (Wildman–Crippen LogP) is 1.31. The number of hydrogen-bond acceptors (Lipinski definition) is 5. The minimum Gasteiger partial charge on any atom is -0.463 e. The number of nitrogens with zero attached hydrogens (tertiary/aromatic N) is 2. The number of esters is 1. The highest BCUT2D eigenvalue weighted by Gasteiger charge is 2.22. The van der Waals surface area contributed by atoms with Gasteiger partial charge in [0.2, 0.25) is 5.91 Å². The Kier molecular flexibility index (Phi) is 3.79. The van der Waals surface area contributed by atoms with Crippen LogP contribution in [0.3, 0.4) is 0 Å². The van der Waals surface area contributed by atoms with Crippen LogP contribution < -0.4 is 10.2 Å². The standard InChI is InChI=1S/C13H15N3O3/c1-3-19-12(18)8-9-7-11(17)16(2)13-10(15-9)5-4-6-14-13/h4-6,8,15H,3,7H2,1-2H3/b9-8+. The summed E-state index contributed by atoms with van der Waals surface area (Å²) < 4.78 is 4.84. The lowest BCUT2D eigenvalue weighted by Gasteiger charge is -2.14. The molecule has 2 heterocycles. The van der Waals surface area contributed by atoms with Gasteiger partial charge in [-0.1, -0.05) is 0 Å². The Morgan fingerprint density at radius 1 is 1.63 bits per heavy atom. The second-order valence-corrected chi connectivity index (χ2v) is 4.05. The van der Waals surface area contributed by atoms with E-state index < -0.39 is 5.97 Å². The molecule has 1 amide bonds. The van der Waals surface area contributed by atoms with Crippen molar-refractivity contribution in [3.05, 3.63) is 30.1 Å². The third-order valence-corrected chi connectivity index (χ3v) is 2.69. The zero-order chi connectivity index (χ0) is 13.8. The molecule has 0 bridgehead atoms. The molecule has 0 saturated heterocycles. The van der Waals surface area contributed by atoms with Crippen LogP contribution in [0.1, 0.15) is 13.3 Å². The Morgan fingerprint density at radius 2 is 2.42 bits per heavy atom. The van der Waals surface area contributed by atoms with Crippen molar-refractivity contribution in [2.24, 2.45) is 0 Å². The molecule has 0 aliphatic carbocycles. The van der Waals surface area contributed by atoms with Crippen LogP contribution in [0.25, 0.3) is 0 Å². The summed E-state index contributed by atoms with van der Waals surface area (Å²) in [5, 5.41) is 3.04. The third-order valence-electron chi connectivity index (χ3n) is 2.69. The van der Waals surface area contributed by atoms with Gasteiger partial charge in [-0.25, -0.2) is 9.78 Å². The van der Waals surface area contributed by atoms with Gasteiger partial charge in [0.15, 0.2) is 5.82 Å². The summed E-state index contributed by atoms with van der Waals surface area (Å²) in [5.74, 6) is -0.0620. The van der Waals surface area contributed by atoms with Crippen LogP contribution >= 0.6 is 0 Å². The average molecular weight is 261 g/mol. The van der Waals surface area contributed by atoms with Crippen LogP contribution in [-0.4, -0.2) is 30.5 Å². The van der Waals surface area contributed by atoms with Gasteiger partial charge in [-0.2, -0.15) is 0 Å². The fourth-order valence-corrected chi connectivity index (χ4v) is 1.79. The molecular formula is C13H15N3O3. The summed E-state index contributed by atoms with van der Waals surface area (Å²) in [4.78, 5) is 29.1. The van der Waals surface area contributed by atoms with Gasteiger partial charge in [-0.15, -0.1) is 0 Å². The average Bonchev–Trinajstić information content (AvgIpc) is 2.48. The number of rotatable bonds is 2. The monoisotopic (exact) mass is 261 g/mol. The van der Waals surface area contributed by atoms with E-state index in [9.17, 15) is 9.59 Å². The zero-order valence-corrected chi connectivity index (χ0v) is 10.8. The lowest BCUT2D eigenvalue weighted by Crippen LogP contribution is -2.25. The summed E-state index contributed by atoms with van der Waals surface area (Å²) in [6, 6.07) is 3.56. The molecule has 0 atom stereocenters. The highest BCUT2D eigenvalue weighted by molar-refractivity contribution is 5.99. The molecule has 0 saturated carbocycles. The van der Waals surface area contributed by atoms with Crippen molar-refractivity contribution in [2.45, 2.75) is 13.3 Å². The number of fused-ring (bicyclic) bond motifs is 1. The maximum atomic E-state index is 12.0. The summed E-state index contributed by atoms with van der Waals surface area (Å²) in [5.41, 5.74) is 1.19. The van der Waals surface area contributed by atoms with Gasteiger partial charge < -0.3 is 10.1 Å². The van der Waals surface area contributed by atoms with Crippen LogP contribution in [0.4, 0.5) is 11.5 Å². The number of ether oxygens (including phenoxy) is 1. The Bertz CT molecular complexity index is 540. The smallest absolute Gasteiger partial charge is 0.332 e. The zero-order valence-electron chi connectivity index (χ0n) is 10.8. The molecule has 6 heteroatoms. The molecule has 1 aliphatic rings. The fraction of sp³-hybridized carbons (Fsp3) is 0.308. The van der Waals surface area contributed by atoms with Gasteiger partial charge in [0.1, 0.15) is 0 Å². The van der Waals surface area contributed by atoms with Crippen molar-refractivity contribution in [2.75, 3.05) is 23.9 Å². The molecule has 0 spiro atoms. The molecule has 19 heavy (non-hydrogen) atoms. The van der Waals surface area contributed by atoms with Crippen molar-refractivity contribution in [1.82, 2.24) is 4.98 Å². The van der Waals surface area contributed by atoms with E-state index in [1.807, 2.05) is 0 Å². The van der Waals surface area contributed by atoms with Crippen molar-refractivity contribution >= 4 is 23.4 Å². The first kappa shape index (κ1) is 13.1. The first-order valence-corrected chi connectivity index (χ1v) is 5.97. The highest BCUT2D eigenvalue weighted by Crippen LogP contribution is 2.28. The Morgan fingerprint density at radius 3 is 3.16 bits per heavy atom. The van der Waals surface area contributed by atoms with Crippen molar-refractivity contribution < 1.29 is 14.3 Å². The van der Waals surface area contributed by atoms with Gasteiger partial charge in [0, 0.05) is 25.0 Å². The van der Waals surface area contributed by atoms with Crippen LogP contribution in [-0.2, 0) is 14.3 Å². The Hall–Kier alpha value is -2.37. The molecule has 100 valence electrons. The predicted molar refractivity (Wildman–Crippen MR) is 70.6 cm³/mol. The topological polar surface area (TPSA) is 71.5 Å². The summed E-state index contributed by atoms with van der Waals surface area (Å²) in [6.07, 6.45) is 3.02. The number of hydrogen-bond donors (Lipinski definition) is 1. The first-order chi connectivity index (χ1) is 9.11. The molecule has 1 aromatic heterocycles. The first-order valence-electron chi connectivity index (χ1n) is 5.97. The van der Waals surface area contributed by atoms with Crippen molar-refractivity contribution in [1.29, 1.82) is 0 Å². The normalized spacial score (nSPS) is 16.6. The van der Waals surface area contributed by atoms with Crippen molar-refractivity contribution in [3.63, 3.8) is 0 Å². The molecule has 1 aromatic rings. The highest BCUT2D eigenvalue weighted by atomic mass is 16.5. The lowest BCUT2D eigenvalue weighted by molar-refractivity contribution is -0.137. The lowest BCUT2D eigenvalue weighted by atomic mass is 10.2. The minimum absolute atomic E-state index is 0.103. The molecule has 6 nitrogen and oxygen atoms in total. The fourth-order valence-electron chi connectivity index (χ4n) is 1.79. The summed E-state index contributed by atoms with van der Waals surface area (Å²) in [6.45, 7) is 2.03. The SMILES string of the molecule is CCOC(=O)/C=C1\CC(=O)N(C)c2ncccc2N1. The minimum atomic E-state index is -0.465. The molecule has 0 aromatic carbocycles. The van der Waals surface area contributed by atoms with E-state index in [1.54, 1.807) is 32.3 Å². The Labute approximate surface area is 111 Å². The number of anilines is 2. The van der Waals surface area contributed by atoms with Crippen LogP contribution in [0.15, 0.2) is 30.1 Å². The molecule has 2 rings (SSSR count). The van der Waals surface area contributed by atoms with Gasteiger partial charge in [0.25, 0.3) is 0 Å². The molecular weight excluding hydrogens is 246 g/mol. The number of pyridine rings is 1. The number of aromatic nitrogens is 1. The van der Waals surface area contributed by atoms with Gasteiger partial charge >= 0.3 is 5.97 Å². The second kappa shape index (κ2) is 5.51.